The van der Waals surface area contributed by atoms with Crippen LogP contribution in [0, 0.1) is 29.6 Å². The SMILES string of the molecule is C=C(CC(=O)NCCCCCC(=O)N[C@H](C(=O)N[C@@H](CCCNC(N)=O)C(=O)Nc1ccc(COC(=O)N(C)[C@H](C(=O)N[C@H](C(=O)N[C@@H]([C@@H](C)CC)[C@@H](CC(=O)N2CCCC2C(OC)[C@@H](C)C(=O)NC(C)[C@@H](O)c2ccccc2)OC)C(C)C)C(C)C)cc1)C(C)C)SC(C)(CC)CC. The first-order chi connectivity index (χ1) is 46.8. The molecule has 1 saturated heterocycles. The van der Waals surface area contributed by atoms with Gasteiger partial charge in [0.15, 0.2) is 0 Å². The van der Waals surface area contributed by atoms with Crippen LogP contribution in [0.5, 0.6) is 0 Å². The van der Waals surface area contributed by atoms with E-state index in [-0.39, 0.29) is 85.5 Å². The molecule has 1 heterocycles. The predicted octanol–water partition coefficient (Wildman–Crippen LogP) is 8.14. The molecule has 11 N–H and O–H groups in total. The van der Waals surface area contributed by atoms with Crippen LogP contribution in [0.3, 0.4) is 0 Å². The Morgan fingerprint density at radius 2 is 1.33 bits per heavy atom. The lowest BCUT2D eigenvalue weighted by Gasteiger charge is -2.37. The lowest BCUT2D eigenvalue weighted by molar-refractivity contribution is -0.143. The molecule has 0 saturated carbocycles. The fourth-order valence-corrected chi connectivity index (χ4v) is 13.2. The van der Waals surface area contributed by atoms with Crippen LogP contribution in [-0.2, 0) is 59.2 Å². The summed E-state index contributed by atoms with van der Waals surface area (Å²) >= 11 is 1.65. The zero-order chi connectivity index (χ0) is 74.3. The van der Waals surface area contributed by atoms with Crippen molar-refractivity contribution in [2.45, 2.75) is 245 Å². The summed E-state index contributed by atoms with van der Waals surface area (Å²) in [6, 6.07) is 8.80. The number of nitrogens with one attached hydrogen (secondary N) is 8. The van der Waals surface area contributed by atoms with Gasteiger partial charge in [-0.15, -0.1) is 11.8 Å². The average Bonchev–Trinajstić information content (AvgIpc) is 1.76. The number of likely N-dealkylation sites (N-methyl/N-ethyl adjacent to an activating group) is 1. The maximum Gasteiger partial charge on any atom is 0.410 e. The van der Waals surface area contributed by atoms with Crippen molar-refractivity contribution in [3.63, 3.8) is 0 Å². The number of aliphatic hydroxyl groups is 1. The van der Waals surface area contributed by atoms with Gasteiger partial charge in [-0.1, -0.05) is 145 Å². The highest BCUT2D eigenvalue weighted by atomic mass is 32.2. The second-order valence-corrected chi connectivity index (χ2v) is 29.3. The molecule has 0 radical (unpaired) electrons. The summed E-state index contributed by atoms with van der Waals surface area (Å²) in [4.78, 5) is 139. The van der Waals surface area contributed by atoms with Gasteiger partial charge < -0.3 is 72.5 Å². The minimum absolute atomic E-state index is 0.0414. The number of aliphatic hydroxyl groups excluding tert-OH is 1. The highest BCUT2D eigenvalue weighted by molar-refractivity contribution is 8.04. The van der Waals surface area contributed by atoms with E-state index in [1.165, 1.54) is 26.2 Å². The molecule has 99 heavy (non-hydrogen) atoms. The molecule has 1 fully saturated rings. The summed E-state index contributed by atoms with van der Waals surface area (Å²) in [5.74, 6) is -5.34. The van der Waals surface area contributed by atoms with Gasteiger partial charge in [-0.25, -0.2) is 9.59 Å². The predicted molar refractivity (Wildman–Crippen MR) is 386 cm³/mol. The Balaban J connectivity index is 1.63. The van der Waals surface area contributed by atoms with E-state index in [0.717, 1.165) is 17.7 Å². The third kappa shape index (κ3) is 28.3. The highest BCUT2D eigenvalue weighted by Crippen LogP contribution is 2.38. The second kappa shape index (κ2) is 43.4. The number of unbranched alkanes of at least 4 members (excludes halogenated alkanes) is 2. The Kier molecular flexibility index (Phi) is 37.7. The average molecular weight is 1410 g/mol. The van der Waals surface area contributed by atoms with E-state index in [2.05, 4.69) is 69.9 Å². The number of benzene rings is 2. The number of urea groups is 1. The third-order valence-electron chi connectivity index (χ3n) is 18.8. The number of methoxy groups -OCH3 is 2. The van der Waals surface area contributed by atoms with Crippen molar-refractivity contribution < 1.29 is 67.3 Å². The number of nitrogens with zero attached hydrogens (tertiary/aromatic N) is 2. The van der Waals surface area contributed by atoms with Gasteiger partial charge in [0.05, 0.1) is 55.2 Å². The van der Waals surface area contributed by atoms with Crippen LogP contribution in [0.15, 0.2) is 66.1 Å². The first-order valence-electron chi connectivity index (χ1n) is 35.3. The van der Waals surface area contributed by atoms with Crippen molar-refractivity contribution in [2.24, 2.45) is 35.3 Å². The summed E-state index contributed by atoms with van der Waals surface area (Å²) in [7, 11) is 4.43. The number of carbonyl (C=O) groups is 10. The molecule has 0 aromatic heterocycles. The van der Waals surface area contributed by atoms with Crippen molar-refractivity contribution >= 4 is 76.8 Å². The largest absolute Gasteiger partial charge is 0.445 e. The zero-order valence-corrected chi connectivity index (χ0v) is 62.5. The van der Waals surface area contributed by atoms with Crippen LogP contribution in [0.2, 0.25) is 0 Å². The molecule has 12 atom stereocenters. The van der Waals surface area contributed by atoms with Crippen molar-refractivity contribution in [2.75, 3.05) is 46.2 Å². The number of ether oxygens (including phenoxy) is 3. The zero-order valence-electron chi connectivity index (χ0n) is 61.7. The molecule has 0 spiro atoms. The Morgan fingerprint density at radius 1 is 0.717 bits per heavy atom. The maximum atomic E-state index is 14.5. The summed E-state index contributed by atoms with van der Waals surface area (Å²) in [5.41, 5.74) is 6.82. The number of primary amides is 1. The molecular formula is C73H119N11O14S. The van der Waals surface area contributed by atoms with E-state index in [1.54, 1.807) is 108 Å². The van der Waals surface area contributed by atoms with Gasteiger partial charge in [-0.2, -0.15) is 0 Å². The Hall–Kier alpha value is -7.29. The van der Waals surface area contributed by atoms with Crippen LogP contribution in [0.4, 0.5) is 15.3 Å². The first kappa shape index (κ1) is 85.9. The lowest BCUT2D eigenvalue weighted by atomic mass is 9.90. The van der Waals surface area contributed by atoms with Gasteiger partial charge in [-0.05, 0) is 110 Å². The van der Waals surface area contributed by atoms with Gasteiger partial charge in [0, 0.05) is 57.8 Å². The smallest absolute Gasteiger partial charge is 0.410 e. The molecule has 556 valence electrons. The minimum atomic E-state index is -1.10. The monoisotopic (exact) mass is 1410 g/mol. The Bertz CT molecular complexity index is 2920. The van der Waals surface area contributed by atoms with Crippen molar-refractivity contribution in [3.8, 4) is 0 Å². The third-order valence-corrected chi connectivity index (χ3v) is 20.3. The molecule has 1 aliphatic heterocycles. The molecule has 25 nitrogen and oxygen atoms in total. The molecule has 3 rings (SSSR count). The molecule has 0 bridgehead atoms. The van der Waals surface area contributed by atoms with Crippen LogP contribution in [0.1, 0.15) is 191 Å². The van der Waals surface area contributed by atoms with Crippen LogP contribution >= 0.6 is 11.8 Å². The second-order valence-electron chi connectivity index (χ2n) is 27.5. The number of hydrogen-bond donors (Lipinski definition) is 10. The number of amides is 11. The van der Waals surface area contributed by atoms with E-state index >= 15 is 0 Å². The molecular weight excluding hydrogens is 1290 g/mol. The Labute approximate surface area is 592 Å². The maximum absolute atomic E-state index is 14.5. The van der Waals surface area contributed by atoms with Crippen molar-refractivity contribution in [1.82, 2.24) is 47.0 Å². The highest BCUT2D eigenvalue weighted by Gasteiger charge is 2.43. The summed E-state index contributed by atoms with van der Waals surface area (Å²) < 4.78 is 17.7. The molecule has 2 aromatic carbocycles. The summed E-state index contributed by atoms with van der Waals surface area (Å²) in [6.07, 6.45) is 3.13. The van der Waals surface area contributed by atoms with Crippen LogP contribution in [0.25, 0.3) is 0 Å². The van der Waals surface area contributed by atoms with Crippen LogP contribution < -0.4 is 48.3 Å². The van der Waals surface area contributed by atoms with E-state index in [4.69, 9.17) is 19.9 Å². The van der Waals surface area contributed by atoms with E-state index in [0.29, 0.717) is 68.4 Å². The normalized spacial score (nSPS) is 16.5. The number of nitrogens with two attached hydrogens (primary N) is 1. The summed E-state index contributed by atoms with van der Waals surface area (Å²) in [5, 5.41) is 33.7. The fourth-order valence-electron chi connectivity index (χ4n) is 12.1. The van der Waals surface area contributed by atoms with Crippen molar-refractivity contribution in [1.29, 1.82) is 0 Å². The summed E-state index contributed by atoms with van der Waals surface area (Å²) in [6.45, 7) is 29.3. The van der Waals surface area contributed by atoms with Gasteiger partial charge in [-0.3, -0.25) is 43.3 Å². The topological polar surface area (TPSA) is 347 Å². The van der Waals surface area contributed by atoms with E-state index in [1.807, 2.05) is 32.0 Å². The molecule has 3 unspecified atom stereocenters. The molecule has 1 aliphatic rings. The molecule has 2 aromatic rings. The lowest BCUT2D eigenvalue weighted by Crippen LogP contribution is -2.60. The van der Waals surface area contributed by atoms with Crippen molar-refractivity contribution in [3.05, 3.63) is 77.2 Å². The number of thioether (sulfide) groups is 1. The van der Waals surface area contributed by atoms with Crippen LogP contribution in [-0.4, -0.2) is 174 Å². The number of hydrogen-bond acceptors (Lipinski definition) is 15. The van der Waals surface area contributed by atoms with E-state index in [9.17, 15) is 53.1 Å². The van der Waals surface area contributed by atoms with Gasteiger partial charge in [0.25, 0.3) is 0 Å². The van der Waals surface area contributed by atoms with Gasteiger partial charge in [0.1, 0.15) is 30.8 Å². The molecule has 26 heteroatoms. The number of rotatable bonds is 44. The Morgan fingerprint density at radius 3 is 1.91 bits per heavy atom. The fraction of sp³-hybridized carbons (Fsp3) is 0.671. The quantitative estimate of drug-likeness (QED) is 0.0280. The number of anilines is 1. The molecule has 11 amide bonds. The number of likely N-dealkylation sites (tertiary alicyclic amines) is 1. The van der Waals surface area contributed by atoms with E-state index < -0.39 is 114 Å². The number of carbonyl (C=O) groups excluding carboxylic acids is 10. The standard InChI is InChI=1S/C73H119N11O14S/c1-18-47(10)62(56(96-16)42-59(87)84-40-28-32-55(84)65(97-17)49(12)66(89)77-50(13)64(88)52-29-23-21-24-30-52)82-69(92)61(45(6)7)81-70(93)63(46(8)9)83(15)72(95)98-43-51-34-36-53(37-35-51)78-67(90)54(31-27-39-76-71(74)94)79-68(91)60(44(4)5)80-57(85)33-25-22-26-38-75-58(86)41-48(11)99-73(14,19-2)20-3/h21,23-24,29-30,34-37,44-47,49-50,54-56,60-65,88H,11,18-20,22,25-28,31-33,38-43H2,1-10,12-17H3,(H,75,86)(H,77,89)(H,78,90)(H,79,91)(H,80,85)(H,81,93)(H,82,92)(H3,74,76,94)/t47-,49+,50?,54-,55?,56+,60-,61-,62-,63-,64+,65?/m0/s1. The minimum Gasteiger partial charge on any atom is -0.445 e. The van der Waals surface area contributed by atoms with Gasteiger partial charge in [0.2, 0.25) is 47.3 Å². The van der Waals surface area contributed by atoms with Gasteiger partial charge >= 0.3 is 12.1 Å². The first-order valence-corrected chi connectivity index (χ1v) is 36.1. The molecule has 0 aliphatic carbocycles.